The number of benzene rings is 2. The van der Waals surface area contributed by atoms with Crippen LogP contribution in [-0.4, -0.2) is 51.9 Å². The van der Waals surface area contributed by atoms with Gasteiger partial charge in [-0.05, 0) is 75.1 Å². The summed E-state index contributed by atoms with van der Waals surface area (Å²) in [7, 11) is -3.91. The minimum atomic E-state index is -3.91. The fraction of sp³-hybridized carbons (Fsp3) is 0.435. The summed E-state index contributed by atoms with van der Waals surface area (Å²) in [5, 5.41) is 3.27. The van der Waals surface area contributed by atoms with Crippen molar-refractivity contribution < 1.29 is 13.2 Å². The van der Waals surface area contributed by atoms with Crippen LogP contribution in [0, 0.1) is 5.92 Å². The van der Waals surface area contributed by atoms with Gasteiger partial charge in [-0.1, -0.05) is 42.8 Å². The monoisotopic (exact) mass is 463 g/mol. The summed E-state index contributed by atoms with van der Waals surface area (Å²) in [5.74, 6) is 0.451. The average Bonchev–Trinajstić information content (AvgIpc) is 2.77. The first-order valence-corrected chi connectivity index (χ1v) is 12.5. The Hall–Kier alpha value is -2.09. The van der Waals surface area contributed by atoms with Gasteiger partial charge in [0.25, 0.3) is 10.0 Å². The van der Waals surface area contributed by atoms with Gasteiger partial charge in [0.05, 0.1) is 10.6 Å². The molecular weight excluding hydrogens is 434 g/mol. The first-order chi connectivity index (χ1) is 14.9. The quantitative estimate of drug-likeness (QED) is 0.574. The second-order valence-electron chi connectivity index (χ2n) is 8.03. The van der Waals surface area contributed by atoms with Crippen molar-refractivity contribution in [1.82, 2.24) is 10.2 Å². The molecule has 0 aromatic heterocycles. The van der Waals surface area contributed by atoms with E-state index in [0.29, 0.717) is 17.3 Å². The molecule has 168 valence electrons. The number of anilines is 1. The van der Waals surface area contributed by atoms with E-state index in [1.165, 1.54) is 25.0 Å². The fourth-order valence-electron chi connectivity index (χ4n) is 3.67. The van der Waals surface area contributed by atoms with Gasteiger partial charge in [-0.25, -0.2) is 8.42 Å². The molecule has 1 N–H and O–H groups in total. The van der Waals surface area contributed by atoms with E-state index in [9.17, 15) is 13.2 Å². The van der Waals surface area contributed by atoms with Crippen LogP contribution in [-0.2, 0) is 14.8 Å². The van der Waals surface area contributed by atoms with Crippen LogP contribution < -0.4 is 9.62 Å². The van der Waals surface area contributed by atoms with E-state index in [1.807, 2.05) is 0 Å². The van der Waals surface area contributed by atoms with Crippen molar-refractivity contribution in [3.63, 3.8) is 0 Å². The van der Waals surface area contributed by atoms with Crippen LogP contribution in [0.3, 0.4) is 0 Å². The van der Waals surface area contributed by atoms with E-state index in [4.69, 9.17) is 11.6 Å². The second-order valence-corrected chi connectivity index (χ2v) is 10.3. The number of hydrogen-bond acceptors (Lipinski definition) is 4. The Morgan fingerprint density at radius 1 is 1.13 bits per heavy atom. The third-order valence-electron chi connectivity index (χ3n) is 5.56. The normalized spacial score (nSPS) is 15.5. The zero-order valence-corrected chi connectivity index (χ0v) is 19.4. The molecule has 2 aromatic rings. The largest absolute Gasteiger partial charge is 0.354 e. The Morgan fingerprint density at radius 3 is 2.52 bits per heavy atom. The van der Waals surface area contributed by atoms with E-state index in [-0.39, 0.29) is 17.3 Å². The maximum atomic E-state index is 13.2. The standard InChI is InChI=1S/C23H30ClN3O3S/c1-19-11-15-26(16-12-19)14-6-13-25-23(28)18-27(21-8-5-7-20(24)17-21)31(29,30)22-9-3-2-4-10-22/h2-5,7-10,17,19H,6,11-16,18H2,1H3,(H,25,28). The van der Waals surface area contributed by atoms with Gasteiger partial charge in [0.15, 0.2) is 0 Å². The predicted molar refractivity (Wildman–Crippen MR) is 125 cm³/mol. The van der Waals surface area contributed by atoms with Crippen molar-refractivity contribution >= 4 is 33.2 Å². The average molecular weight is 464 g/mol. The molecule has 6 nitrogen and oxygen atoms in total. The number of halogens is 1. The zero-order valence-electron chi connectivity index (χ0n) is 17.8. The molecule has 1 aliphatic rings. The number of hydrogen-bond donors (Lipinski definition) is 1. The molecule has 2 aromatic carbocycles. The highest BCUT2D eigenvalue weighted by molar-refractivity contribution is 7.92. The molecular formula is C23H30ClN3O3S. The lowest BCUT2D eigenvalue weighted by atomic mass is 9.99. The van der Waals surface area contributed by atoms with E-state index in [1.54, 1.807) is 42.5 Å². The molecule has 1 fully saturated rings. The molecule has 0 bridgehead atoms. The summed E-state index contributed by atoms with van der Waals surface area (Å²) in [6.45, 7) is 5.64. The first kappa shape index (κ1) is 23.6. The van der Waals surface area contributed by atoms with E-state index >= 15 is 0 Å². The van der Waals surface area contributed by atoms with Crippen LogP contribution in [0.2, 0.25) is 5.02 Å². The Labute approximate surface area is 190 Å². The zero-order chi connectivity index (χ0) is 22.3. The third kappa shape index (κ3) is 6.69. The summed E-state index contributed by atoms with van der Waals surface area (Å²) >= 11 is 6.08. The Morgan fingerprint density at radius 2 is 1.84 bits per heavy atom. The molecule has 0 radical (unpaired) electrons. The lowest BCUT2D eigenvalue weighted by Gasteiger charge is -2.30. The van der Waals surface area contributed by atoms with Crippen molar-refractivity contribution in [1.29, 1.82) is 0 Å². The lowest BCUT2D eigenvalue weighted by Crippen LogP contribution is -2.41. The van der Waals surface area contributed by atoms with Crippen molar-refractivity contribution in [2.24, 2.45) is 5.92 Å². The Kier molecular flexibility index (Phi) is 8.35. The number of carbonyl (C=O) groups excluding carboxylic acids is 1. The van der Waals surface area contributed by atoms with Crippen LogP contribution in [0.4, 0.5) is 5.69 Å². The number of piperidine rings is 1. The van der Waals surface area contributed by atoms with Gasteiger partial charge in [0.1, 0.15) is 6.54 Å². The smallest absolute Gasteiger partial charge is 0.264 e. The predicted octanol–water partition coefficient (Wildman–Crippen LogP) is 3.77. The van der Waals surface area contributed by atoms with Crippen LogP contribution >= 0.6 is 11.6 Å². The number of nitrogens with zero attached hydrogens (tertiary/aromatic N) is 2. The van der Waals surface area contributed by atoms with Gasteiger partial charge in [-0.2, -0.15) is 0 Å². The topological polar surface area (TPSA) is 69.7 Å². The Bertz CT molecular complexity index is 961. The van der Waals surface area contributed by atoms with Crippen molar-refractivity contribution in [3.8, 4) is 0 Å². The highest BCUT2D eigenvalue weighted by Crippen LogP contribution is 2.26. The molecule has 0 atom stereocenters. The van der Waals surface area contributed by atoms with Crippen LogP contribution in [0.1, 0.15) is 26.2 Å². The van der Waals surface area contributed by atoms with Crippen LogP contribution in [0.15, 0.2) is 59.5 Å². The highest BCUT2D eigenvalue weighted by Gasteiger charge is 2.27. The molecule has 1 aliphatic heterocycles. The highest BCUT2D eigenvalue weighted by atomic mass is 35.5. The molecule has 0 spiro atoms. The van der Waals surface area contributed by atoms with Crippen molar-refractivity contribution in [3.05, 3.63) is 59.6 Å². The molecule has 0 saturated carbocycles. The van der Waals surface area contributed by atoms with Crippen LogP contribution in [0.25, 0.3) is 0 Å². The summed E-state index contributed by atoms with van der Waals surface area (Å²) < 4.78 is 27.6. The van der Waals surface area contributed by atoms with E-state index < -0.39 is 10.0 Å². The summed E-state index contributed by atoms with van der Waals surface area (Å²) in [6.07, 6.45) is 3.28. The van der Waals surface area contributed by atoms with Crippen molar-refractivity contribution in [2.75, 3.05) is 37.0 Å². The van der Waals surface area contributed by atoms with E-state index in [2.05, 4.69) is 17.1 Å². The summed E-state index contributed by atoms with van der Waals surface area (Å²) in [4.78, 5) is 15.2. The minimum absolute atomic E-state index is 0.127. The fourth-order valence-corrected chi connectivity index (χ4v) is 5.29. The number of rotatable bonds is 9. The molecule has 31 heavy (non-hydrogen) atoms. The number of sulfonamides is 1. The lowest BCUT2D eigenvalue weighted by molar-refractivity contribution is -0.119. The first-order valence-electron chi connectivity index (χ1n) is 10.7. The van der Waals surface area contributed by atoms with Crippen LogP contribution in [0.5, 0.6) is 0 Å². The Balaban J connectivity index is 1.63. The molecule has 1 amide bonds. The molecule has 0 aliphatic carbocycles. The number of nitrogens with one attached hydrogen (secondary N) is 1. The van der Waals surface area contributed by atoms with Gasteiger partial charge in [-0.15, -0.1) is 0 Å². The maximum absolute atomic E-state index is 13.2. The second kappa shape index (κ2) is 11.0. The molecule has 1 heterocycles. The number of carbonyl (C=O) groups is 1. The third-order valence-corrected chi connectivity index (χ3v) is 7.59. The molecule has 1 saturated heterocycles. The van der Waals surface area contributed by atoms with Gasteiger partial charge < -0.3 is 10.2 Å². The molecule has 8 heteroatoms. The van der Waals surface area contributed by atoms with Gasteiger partial charge in [0.2, 0.25) is 5.91 Å². The van der Waals surface area contributed by atoms with Gasteiger partial charge in [0, 0.05) is 11.6 Å². The minimum Gasteiger partial charge on any atom is -0.354 e. The van der Waals surface area contributed by atoms with Gasteiger partial charge >= 0.3 is 0 Å². The summed E-state index contributed by atoms with van der Waals surface area (Å²) in [6, 6.07) is 14.6. The maximum Gasteiger partial charge on any atom is 0.264 e. The number of amides is 1. The molecule has 0 unspecified atom stereocenters. The SMILES string of the molecule is CC1CCN(CCCNC(=O)CN(c2cccc(Cl)c2)S(=O)(=O)c2ccccc2)CC1. The van der Waals surface area contributed by atoms with Gasteiger partial charge in [-0.3, -0.25) is 9.10 Å². The van der Waals surface area contributed by atoms with Crippen molar-refractivity contribution in [2.45, 2.75) is 31.1 Å². The number of likely N-dealkylation sites (tertiary alicyclic amines) is 1. The molecule has 3 rings (SSSR count). The van der Waals surface area contributed by atoms with E-state index in [0.717, 1.165) is 36.3 Å². The summed E-state index contributed by atoms with van der Waals surface area (Å²) in [5.41, 5.74) is 0.355.